The number of nitrogens with two attached hydrogens (primary N) is 5. The highest BCUT2D eigenvalue weighted by atomic mass is 32.1. The first-order valence-corrected chi connectivity index (χ1v) is 11.7. The molecule has 0 aliphatic rings. The van der Waals surface area contributed by atoms with Gasteiger partial charge in [0.25, 0.3) is 0 Å². The number of aliphatic carboxylic acids is 1. The van der Waals surface area contributed by atoms with Gasteiger partial charge in [-0.2, -0.15) is 12.6 Å². The number of aliphatic imine (C=N–C) groups is 2. The van der Waals surface area contributed by atoms with Gasteiger partial charge < -0.3 is 54.8 Å². The Morgan fingerprint density at radius 2 is 1.22 bits per heavy atom. The molecule has 0 aromatic rings. The number of nitrogens with one attached hydrogen (secondary N) is 3. The third kappa shape index (κ3) is 13.5. The molecule has 0 aromatic heterocycles. The second-order valence-electron chi connectivity index (χ2n) is 7.87. The summed E-state index contributed by atoms with van der Waals surface area (Å²) in [6.45, 7) is 1.63. The first kappa shape index (κ1) is 32.7. The summed E-state index contributed by atoms with van der Waals surface area (Å²) >= 11 is 4.05. The van der Waals surface area contributed by atoms with E-state index in [4.69, 9.17) is 28.7 Å². The smallest absolute Gasteiger partial charge is 0.326 e. The van der Waals surface area contributed by atoms with Gasteiger partial charge in [-0.25, -0.2) is 4.79 Å². The summed E-state index contributed by atoms with van der Waals surface area (Å²) in [4.78, 5) is 57.0. The fraction of sp³-hybridized carbons (Fsp3) is 0.684. The summed E-state index contributed by atoms with van der Waals surface area (Å²) in [5.41, 5.74) is 26.6. The van der Waals surface area contributed by atoms with Crippen LogP contribution in [0.3, 0.4) is 0 Å². The number of aliphatic hydroxyl groups excluding tert-OH is 1. The quantitative estimate of drug-likeness (QED) is 0.0364. The van der Waals surface area contributed by atoms with Crippen molar-refractivity contribution in [2.24, 2.45) is 38.7 Å². The molecule has 0 spiro atoms. The molecule has 0 aliphatic carbocycles. The van der Waals surface area contributed by atoms with E-state index in [1.165, 1.54) is 6.92 Å². The molecule has 0 fully saturated rings. The number of aliphatic hydroxyl groups is 1. The molecule has 17 heteroatoms. The number of carboxylic acids is 1. The van der Waals surface area contributed by atoms with E-state index >= 15 is 0 Å². The highest BCUT2D eigenvalue weighted by molar-refractivity contribution is 7.80. The molecule has 16 nitrogen and oxygen atoms in total. The second kappa shape index (κ2) is 17.2. The maximum absolute atomic E-state index is 12.9. The first-order chi connectivity index (χ1) is 16.8. The largest absolute Gasteiger partial charge is 0.480 e. The van der Waals surface area contributed by atoms with Crippen molar-refractivity contribution >= 4 is 48.2 Å². The van der Waals surface area contributed by atoms with Gasteiger partial charge in [0, 0.05) is 18.8 Å². The number of hydrogen-bond acceptors (Lipinski definition) is 9. The van der Waals surface area contributed by atoms with Crippen LogP contribution in [0.4, 0.5) is 0 Å². The lowest BCUT2D eigenvalue weighted by Crippen LogP contribution is -2.58. The lowest BCUT2D eigenvalue weighted by Gasteiger charge is -2.25. The van der Waals surface area contributed by atoms with E-state index in [0.717, 1.165) is 0 Å². The van der Waals surface area contributed by atoms with Crippen molar-refractivity contribution in [1.82, 2.24) is 16.0 Å². The summed E-state index contributed by atoms with van der Waals surface area (Å²) in [7, 11) is 0. The number of carboxylic acid groups (broad SMARTS) is 1. The molecule has 0 aromatic carbocycles. The van der Waals surface area contributed by atoms with Gasteiger partial charge in [0.05, 0.1) is 6.10 Å². The molecule has 0 saturated carbocycles. The van der Waals surface area contributed by atoms with E-state index in [0.29, 0.717) is 0 Å². The molecule has 206 valence electrons. The van der Waals surface area contributed by atoms with Gasteiger partial charge >= 0.3 is 5.97 Å². The van der Waals surface area contributed by atoms with Gasteiger partial charge in [0.1, 0.15) is 24.2 Å². The summed E-state index contributed by atoms with van der Waals surface area (Å²) in [6, 6.07) is -4.92. The summed E-state index contributed by atoms with van der Waals surface area (Å²) in [5.74, 6) is -4.06. The van der Waals surface area contributed by atoms with Crippen molar-refractivity contribution in [3.63, 3.8) is 0 Å². The zero-order chi connectivity index (χ0) is 27.8. The van der Waals surface area contributed by atoms with Crippen molar-refractivity contribution < 1.29 is 29.4 Å². The SMILES string of the molecule is CC(O)C(N)C(=O)NC(CS)C(=O)NC(CCCN=C(N)N)C(=O)NC(CCCN=C(N)N)C(=O)O. The highest BCUT2D eigenvalue weighted by Crippen LogP contribution is 2.05. The predicted octanol–water partition coefficient (Wildman–Crippen LogP) is -4.73. The summed E-state index contributed by atoms with van der Waals surface area (Å²) in [6.07, 6.45) is -0.548. The van der Waals surface area contributed by atoms with Crippen molar-refractivity contribution in [1.29, 1.82) is 0 Å². The monoisotopic (exact) mass is 534 g/mol. The van der Waals surface area contributed by atoms with Gasteiger partial charge in [-0.15, -0.1) is 0 Å². The van der Waals surface area contributed by atoms with E-state index in [9.17, 15) is 29.4 Å². The number of guanidine groups is 2. The zero-order valence-electron chi connectivity index (χ0n) is 20.1. The number of carbonyl (C=O) groups excluding carboxylic acids is 3. The van der Waals surface area contributed by atoms with Crippen LogP contribution >= 0.6 is 12.6 Å². The molecular formula is C19H38N10O6S. The van der Waals surface area contributed by atoms with Crippen molar-refractivity contribution in [2.45, 2.75) is 62.9 Å². The van der Waals surface area contributed by atoms with Crippen LogP contribution in [0, 0.1) is 0 Å². The van der Waals surface area contributed by atoms with E-state index in [2.05, 4.69) is 38.6 Å². The van der Waals surface area contributed by atoms with Gasteiger partial charge in [-0.1, -0.05) is 0 Å². The van der Waals surface area contributed by atoms with Crippen molar-refractivity contribution in [2.75, 3.05) is 18.8 Å². The summed E-state index contributed by atoms with van der Waals surface area (Å²) in [5, 5.41) is 26.2. The van der Waals surface area contributed by atoms with Crippen LogP contribution in [0.15, 0.2) is 9.98 Å². The fourth-order valence-corrected chi connectivity index (χ4v) is 3.02. The standard InChI is InChI=1S/C19H38N10O6S/c1-9(30)13(20)16(33)29-12(8-36)15(32)27-10(4-2-6-25-18(21)22)14(31)28-11(17(34)35)5-3-7-26-19(23)24/h9-13,30,36H,2-8,20H2,1H3,(H,27,32)(H,28,31)(H,29,33)(H,34,35)(H4,21,22,25)(H4,23,24,26). The number of thiol groups is 1. The Kier molecular flexibility index (Phi) is 15.6. The van der Waals surface area contributed by atoms with E-state index in [1.807, 2.05) is 0 Å². The fourth-order valence-electron chi connectivity index (χ4n) is 2.76. The molecular weight excluding hydrogens is 496 g/mol. The van der Waals surface area contributed by atoms with Crippen LogP contribution < -0.4 is 44.6 Å². The topological polar surface area (TPSA) is 300 Å². The molecule has 0 radical (unpaired) electrons. The maximum Gasteiger partial charge on any atom is 0.326 e. The number of amides is 3. The van der Waals surface area contributed by atoms with Gasteiger partial charge in [0.2, 0.25) is 17.7 Å². The van der Waals surface area contributed by atoms with Crippen LogP contribution in [-0.2, 0) is 19.2 Å². The molecule has 0 rings (SSSR count). The molecule has 5 unspecified atom stereocenters. The highest BCUT2D eigenvalue weighted by Gasteiger charge is 2.30. The van der Waals surface area contributed by atoms with E-state index in [1.54, 1.807) is 0 Å². The Bertz CT molecular complexity index is 802. The number of carbonyl (C=O) groups is 4. The molecule has 0 bridgehead atoms. The minimum atomic E-state index is -1.29. The molecule has 0 saturated heterocycles. The molecule has 5 atom stereocenters. The normalized spacial score (nSPS) is 14.8. The van der Waals surface area contributed by atoms with E-state index in [-0.39, 0.29) is 56.4 Å². The molecule has 0 aliphatic heterocycles. The minimum absolute atomic E-state index is 0.0269. The maximum atomic E-state index is 12.9. The number of hydrogen-bond donors (Lipinski definition) is 11. The van der Waals surface area contributed by atoms with Gasteiger partial charge in [-0.05, 0) is 32.6 Å². The lowest BCUT2D eigenvalue weighted by atomic mass is 10.1. The lowest BCUT2D eigenvalue weighted by molar-refractivity contribution is -0.142. The van der Waals surface area contributed by atoms with Crippen molar-refractivity contribution in [3.05, 3.63) is 0 Å². The Balaban J connectivity index is 5.43. The Labute approximate surface area is 214 Å². The predicted molar refractivity (Wildman–Crippen MR) is 137 cm³/mol. The Hall–Kier alpha value is -3.31. The van der Waals surface area contributed by atoms with Crippen LogP contribution in [0.5, 0.6) is 0 Å². The molecule has 0 heterocycles. The first-order valence-electron chi connectivity index (χ1n) is 11.1. The Morgan fingerprint density at radius 3 is 1.64 bits per heavy atom. The molecule has 15 N–H and O–H groups in total. The van der Waals surface area contributed by atoms with Crippen LogP contribution in [-0.4, -0.2) is 94.9 Å². The van der Waals surface area contributed by atoms with Crippen LogP contribution in [0.2, 0.25) is 0 Å². The average molecular weight is 535 g/mol. The number of rotatable bonds is 17. The molecule has 36 heavy (non-hydrogen) atoms. The molecule has 3 amide bonds. The van der Waals surface area contributed by atoms with E-state index < -0.39 is 54.0 Å². The van der Waals surface area contributed by atoms with Crippen LogP contribution in [0.1, 0.15) is 32.6 Å². The van der Waals surface area contributed by atoms with Gasteiger partial charge in [0.15, 0.2) is 11.9 Å². The van der Waals surface area contributed by atoms with Crippen molar-refractivity contribution in [3.8, 4) is 0 Å². The third-order valence-electron chi connectivity index (χ3n) is 4.78. The number of nitrogens with zero attached hydrogens (tertiary/aromatic N) is 2. The second-order valence-corrected chi connectivity index (χ2v) is 8.23. The van der Waals surface area contributed by atoms with Gasteiger partial charge in [-0.3, -0.25) is 24.4 Å². The average Bonchev–Trinajstić information content (AvgIpc) is 2.79. The minimum Gasteiger partial charge on any atom is -0.480 e. The summed E-state index contributed by atoms with van der Waals surface area (Å²) < 4.78 is 0. The van der Waals surface area contributed by atoms with Crippen LogP contribution in [0.25, 0.3) is 0 Å². The Morgan fingerprint density at radius 1 is 0.806 bits per heavy atom. The third-order valence-corrected chi connectivity index (χ3v) is 5.14. The zero-order valence-corrected chi connectivity index (χ0v) is 21.0.